The van der Waals surface area contributed by atoms with E-state index in [1.165, 1.54) is 22.9 Å². The molecule has 1 saturated heterocycles. The summed E-state index contributed by atoms with van der Waals surface area (Å²) >= 11 is 1.48. The second-order valence-electron chi connectivity index (χ2n) is 6.48. The summed E-state index contributed by atoms with van der Waals surface area (Å²) in [5, 5.41) is 0.626. The van der Waals surface area contributed by atoms with Crippen molar-refractivity contribution >= 4 is 17.7 Å². The van der Waals surface area contributed by atoms with Gasteiger partial charge in [-0.3, -0.25) is 9.36 Å². The summed E-state index contributed by atoms with van der Waals surface area (Å²) in [5.41, 5.74) is 5.53. The maximum atomic E-state index is 11.9. The number of benzene rings is 2. The maximum absolute atomic E-state index is 11.9. The minimum Gasteiger partial charge on any atom is -0.465 e. The lowest BCUT2D eigenvalue weighted by atomic mass is 10.0. The molecule has 0 bridgehead atoms. The molecule has 0 saturated carbocycles. The van der Waals surface area contributed by atoms with Gasteiger partial charge in [0.1, 0.15) is 5.25 Å². The highest BCUT2D eigenvalue weighted by atomic mass is 32.2. The molecule has 1 aromatic heterocycles. The lowest BCUT2D eigenvalue weighted by molar-refractivity contribution is -0.137. The van der Waals surface area contributed by atoms with Crippen LogP contribution >= 0.6 is 11.8 Å². The minimum absolute atomic E-state index is 0.148. The lowest BCUT2D eigenvalue weighted by Gasteiger charge is -2.08. The van der Waals surface area contributed by atoms with Crippen LogP contribution in [0, 0.1) is 13.8 Å². The highest BCUT2D eigenvalue weighted by Crippen LogP contribution is 2.33. The van der Waals surface area contributed by atoms with E-state index in [2.05, 4.69) is 36.6 Å². The first-order valence-corrected chi connectivity index (χ1v) is 9.55. The number of hydrogen-bond donors (Lipinski definition) is 0. The van der Waals surface area contributed by atoms with E-state index in [-0.39, 0.29) is 11.2 Å². The van der Waals surface area contributed by atoms with Crippen molar-refractivity contribution in [3.63, 3.8) is 0 Å². The van der Waals surface area contributed by atoms with Gasteiger partial charge in [-0.15, -0.1) is 0 Å². The van der Waals surface area contributed by atoms with Crippen molar-refractivity contribution in [2.45, 2.75) is 30.7 Å². The molecule has 5 heteroatoms. The van der Waals surface area contributed by atoms with Crippen LogP contribution in [0.15, 0.2) is 59.9 Å². The van der Waals surface area contributed by atoms with Gasteiger partial charge in [-0.1, -0.05) is 42.1 Å². The summed E-state index contributed by atoms with van der Waals surface area (Å²) in [5.74, 6) is -0.148. The number of aromatic nitrogens is 2. The first-order valence-electron chi connectivity index (χ1n) is 8.67. The third-order valence-corrected chi connectivity index (χ3v) is 5.86. The van der Waals surface area contributed by atoms with E-state index in [0.29, 0.717) is 6.61 Å². The Kier molecular flexibility index (Phi) is 4.55. The summed E-state index contributed by atoms with van der Waals surface area (Å²) in [6.45, 7) is 4.71. The minimum atomic E-state index is -0.188. The van der Waals surface area contributed by atoms with Gasteiger partial charge in [0.15, 0.2) is 5.16 Å². The molecule has 2 aromatic carbocycles. The zero-order chi connectivity index (χ0) is 18.1. The van der Waals surface area contributed by atoms with Crippen LogP contribution in [-0.2, 0) is 9.53 Å². The van der Waals surface area contributed by atoms with Gasteiger partial charge in [-0.05, 0) is 43.2 Å². The summed E-state index contributed by atoms with van der Waals surface area (Å²) in [6.07, 6.45) is 2.77. The van der Waals surface area contributed by atoms with E-state index in [1.807, 2.05) is 36.5 Å². The van der Waals surface area contributed by atoms with Crippen molar-refractivity contribution in [1.82, 2.24) is 9.55 Å². The largest absolute Gasteiger partial charge is 0.465 e. The zero-order valence-electron chi connectivity index (χ0n) is 14.8. The predicted molar refractivity (Wildman–Crippen MR) is 104 cm³/mol. The van der Waals surface area contributed by atoms with Gasteiger partial charge in [0.25, 0.3) is 0 Å². The Labute approximate surface area is 157 Å². The molecule has 1 fully saturated rings. The van der Waals surface area contributed by atoms with Crippen LogP contribution in [0.5, 0.6) is 0 Å². The van der Waals surface area contributed by atoms with E-state index in [1.54, 1.807) is 0 Å². The van der Waals surface area contributed by atoms with Gasteiger partial charge in [0.2, 0.25) is 0 Å². The smallest absolute Gasteiger partial charge is 0.319 e. The zero-order valence-corrected chi connectivity index (χ0v) is 15.6. The van der Waals surface area contributed by atoms with Crippen LogP contribution in [0.4, 0.5) is 0 Å². The fraction of sp³-hybridized carbons (Fsp3) is 0.238. The number of carbonyl (C=O) groups is 1. The molecule has 0 spiro atoms. The number of carbonyl (C=O) groups excluding carboxylic acids is 1. The van der Waals surface area contributed by atoms with Gasteiger partial charge in [-0.25, -0.2) is 4.98 Å². The molecular formula is C21H20N2O2S. The molecule has 2 heterocycles. The predicted octanol–water partition coefficient (Wildman–Crippen LogP) is 4.56. The Morgan fingerprint density at radius 2 is 1.92 bits per heavy atom. The second kappa shape index (κ2) is 7.00. The normalized spacial score (nSPS) is 16.7. The fourth-order valence-electron chi connectivity index (χ4n) is 2.97. The summed E-state index contributed by atoms with van der Waals surface area (Å²) in [6, 6.07) is 16.5. The van der Waals surface area contributed by atoms with Crippen molar-refractivity contribution in [1.29, 1.82) is 0 Å². The average Bonchev–Trinajstić information content (AvgIpc) is 3.25. The molecule has 0 unspecified atom stereocenters. The van der Waals surface area contributed by atoms with E-state index in [9.17, 15) is 4.79 Å². The van der Waals surface area contributed by atoms with Crippen molar-refractivity contribution in [2.75, 3.05) is 6.61 Å². The van der Waals surface area contributed by atoms with Gasteiger partial charge in [0.05, 0.1) is 12.3 Å². The van der Waals surface area contributed by atoms with Crippen molar-refractivity contribution < 1.29 is 9.53 Å². The van der Waals surface area contributed by atoms with Gasteiger partial charge >= 0.3 is 5.97 Å². The summed E-state index contributed by atoms with van der Waals surface area (Å²) < 4.78 is 7.16. The van der Waals surface area contributed by atoms with Crippen LogP contribution in [0.25, 0.3) is 16.9 Å². The second-order valence-corrected chi connectivity index (χ2v) is 7.65. The molecule has 4 rings (SSSR count). The topological polar surface area (TPSA) is 44.1 Å². The molecule has 3 aromatic rings. The molecule has 0 aliphatic carbocycles. The average molecular weight is 364 g/mol. The number of nitrogens with zero attached hydrogens (tertiary/aromatic N) is 2. The number of rotatable bonds is 4. The van der Waals surface area contributed by atoms with Crippen LogP contribution < -0.4 is 0 Å². The number of esters is 1. The molecule has 26 heavy (non-hydrogen) atoms. The Balaban J connectivity index is 1.76. The van der Waals surface area contributed by atoms with Gasteiger partial charge in [-0.2, -0.15) is 0 Å². The molecule has 1 aliphatic heterocycles. The molecule has 1 atom stereocenters. The number of para-hydroxylation sites is 1. The number of cyclic esters (lactones) is 1. The van der Waals surface area contributed by atoms with Crippen LogP contribution in [0.2, 0.25) is 0 Å². The monoisotopic (exact) mass is 364 g/mol. The molecule has 0 N–H and O–H groups in total. The first-order chi connectivity index (χ1) is 12.6. The number of hydrogen-bond acceptors (Lipinski definition) is 4. The highest BCUT2D eigenvalue weighted by Gasteiger charge is 2.29. The Morgan fingerprint density at radius 1 is 1.12 bits per heavy atom. The highest BCUT2D eigenvalue weighted by molar-refractivity contribution is 8.00. The lowest BCUT2D eigenvalue weighted by Crippen LogP contribution is -2.10. The number of thioether (sulfide) groups is 1. The molecule has 0 amide bonds. The quantitative estimate of drug-likeness (QED) is 0.637. The SMILES string of the molecule is Cc1ccc(-c2cn(-c3ccccc3)c(S[C@H]3CCOC3=O)n2)cc1C. The molecular weight excluding hydrogens is 344 g/mol. The van der Waals surface area contributed by atoms with E-state index < -0.39 is 0 Å². The van der Waals surface area contributed by atoms with Crippen molar-refractivity contribution in [3.8, 4) is 16.9 Å². The number of imidazole rings is 1. The summed E-state index contributed by atoms with van der Waals surface area (Å²) in [4.78, 5) is 16.7. The van der Waals surface area contributed by atoms with Crippen molar-refractivity contribution in [3.05, 3.63) is 65.9 Å². The van der Waals surface area contributed by atoms with E-state index in [4.69, 9.17) is 9.72 Å². The molecule has 4 nitrogen and oxygen atoms in total. The Bertz CT molecular complexity index is 950. The van der Waals surface area contributed by atoms with Crippen LogP contribution in [0.3, 0.4) is 0 Å². The number of aryl methyl sites for hydroxylation is 2. The molecule has 1 aliphatic rings. The van der Waals surface area contributed by atoms with Crippen molar-refractivity contribution in [2.24, 2.45) is 0 Å². The third kappa shape index (κ3) is 3.27. The first kappa shape index (κ1) is 16.9. The van der Waals surface area contributed by atoms with Crippen LogP contribution in [0.1, 0.15) is 17.5 Å². The third-order valence-electron chi connectivity index (χ3n) is 4.65. The van der Waals surface area contributed by atoms with E-state index >= 15 is 0 Å². The standard InChI is InChI=1S/C21H20N2O2S/c1-14-8-9-16(12-15(14)2)18-13-23(17-6-4-3-5-7-17)21(22-18)26-19-10-11-25-20(19)24/h3-9,12-13,19H,10-11H2,1-2H3/t19-/m0/s1. The molecule has 0 radical (unpaired) electrons. The fourth-order valence-corrected chi connectivity index (χ4v) is 4.03. The number of ether oxygens (including phenoxy) is 1. The van der Waals surface area contributed by atoms with E-state index in [0.717, 1.165) is 28.5 Å². The Hall–Kier alpha value is -2.53. The maximum Gasteiger partial charge on any atom is 0.319 e. The van der Waals surface area contributed by atoms with Gasteiger partial charge in [0, 0.05) is 23.9 Å². The summed E-state index contributed by atoms with van der Waals surface area (Å²) in [7, 11) is 0. The van der Waals surface area contributed by atoms with Gasteiger partial charge < -0.3 is 4.74 Å². The Morgan fingerprint density at radius 3 is 2.62 bits per heavy atom. The van der Waals surface area contributed by atoms with Crippen LogP contribution in [-0.4, -0.2) is 27.4 Å². The molecule has 132 valence electrons.